The number of nitrogens with zero attached hydrogens (tertiary/aromatic N) is 3. The fourth-order valence-electron chi connectivity index (χ4n) is 3.99. The van der Waals surface area contributed by atoms with Crippen LogP contribution in [0.1, 0.15) is 32.1 Å². The average molecular weight is 313 g/mol. The first kappa shape index (κ1) is 14.5. The molecule has 1 spiro atoms. The zero-order chi connectivity index (χ0) is 15.9. The highest BCUT2D eigenvalue weighted by molar-refractivity contribution is 5.92. The van der Waals surface area contributed by atoms with Crippen LogP contribution in [-0.2, 0) is 0 Å². The van der Waals surface area contributed by atoms with Gasteiger partial charge in [0.05, 0.1) is 19.7 Å². The van der Waals surface area contributed by atoms with Crippen molar-refractivity contribution < 1.29 is 9.47 Å². The van der Waals surface area contributed by atoms with Gasteiger partial charge in [0, 0.05) is 24.5 Å². The molecule has 1 aromatic heterocycles. The van der Waals surface area contributed by atoms with Gasteiger partial charge in [0.2, 0.25) is 0 Å². The minimum absolute atomic E-state index is 0.639. The van der Waals surface area contributed by atoms with Gasteiger partial charge < -0.3 is 14.4 Å². The van der Waals surface area contributed by atoms with Crippen LogP contribution in [0.15, 0.2) is 18.5 Å². The fraction of sp³-hybridized carbons (Fsp3) is 0.556. The molecule has 1 aromatic carbocycles. The third-order valence-electron chi connectivity index (χ3n) is 5.66. The van der Waals surface area contributed by atoms with Gasteiger partial charge in [0.15, 0.2) is 11.5 Å². The second-order valence-corrected chi connectivity index (χ2v) is 6.76. The summed E-state index contributed by atoms with van der Waals surface area (Å²) < 4.78 is 10.8. The maximum Gasteiger partial charge on any atom is 0.162 e. The number of hydrogen-bond donors (Lipinski definition) is 0. The molecule has 2 fully saturated rings. The number of anilines is 1. The quantitative estimate of drug-likeness (QED) is 0.869. The van der Waals surface area contributed by atoms with Crippen molar-refractivity contribution in [2.45, 2.75) is 32.1 Å². The van der Waals surface area contributed by atoms with Crippen LogP contribution in [-0.4, -0.2) is 37.3 Å². The minimum Gasteiger partial charge on any atom is -0.493 e. The second-order valence-electron chi connectivity index (χ2n) is 6.76. The van der Waals surface area contributed by atoms with E-state index in [2.05, 4.69) is 14.9 Å². The largest absolute Gasteiger partial charge is 0.493 e. The monoisotopic (exact) mass is 313 g/mol. The van der Waals surface area contributed by atoms with Crippen LogP contribution in [0.25, 0.3) is 10.9 Å². The molecule has 5 heteroatoms. The van der Waals surface area contributed by atoms with Crippen LogP contribution in [0.2, 0.25) is 0 Å². The molecule has 0 bridgehead atoms. The van der Waals surface area contributed by atoms with Crippen molar-refractivity contribution in [2.24, 2.45) is 5.41 Å². The van der Waals surface area contributed by atoms with E-state index in [0.29, 0.717) is 11.2 Å². The molecule has 5 nitrogen and oxygen atoms in total. The van der Waals surface area contributed by atoms with Crippen molar-refractivity contribution in [1.82, 2.24) is 9.97 Å². The van der Waals surface area contributed by atoms with E-state index in [-0.39, 0.29) is 0 Å². The number of rotatable bonds is 3. The summed E-state index contributed by atoms with van der Waals surface area (Å²) in [5.74, 6) is 2.45. The Morgan fingerprint density at radius 2 is 1.65 bits per heavy atom. The Morgan fingerprint density at radius 1 is 0.957 bits per heavy atom. The van der Waals surface area contributed by atoms with Gasteiger partial charge in [-0.3, -0.25) is 0 Å². The van der Waals surface area contributed by atoms with Crippen LogP contribution in [0.5, 0.6) is 11.5 Å². The van der Waals surface area contributed by atoms with Crippen LogP contribution in [0.4, 0.5) is 5.82 Å². The minimum atomic E-state index is 0.639. The lowest BCUT2D eigenvalue weighted by molar-refractivity contribution is 0.0954. The lowest BCUT2D eigenvalue weighted by Crippen LogP contribution is -2.43. The van der Waals surface area contributed by atoms with Gasteiger partial charge in [-0.05, 0) is 37.2 Å². The highest BCUT2D eigenvalue weighted by atomic mass is 16.5. The van der Waals surface area contributed by atoms with Gasteiger partial charge in [-0.15, -0.1) is 0 Å². The van der Waals surface area contributed by atoms with E-state index in [9.17, 15) is 0 Å². The van der Waals surface area contributed by atoms with Gasteiger partial charge in [0.25, 0.3) is 0 Å². The first-order valence-electron chi connectivity index (χ1n) is 8.36. The van der Waals surface area contributed by atoms with E-state index < -0.39 is 0 Å². The molecular formula is C18H23N3O2. The maximum absolute atomic E-state index is 5.45. The lowest BCUT2D eigenvalue weighted by Gasteiger charge is -2.48. The van der Waals surface area contributed by atoms with Crippen LogP contribution in [0.3, 0.4) is 0 Å². The summed E-state index contributed by atoms with van der Waals surface area (Å²) in [6.45, 7) is 2.17. The number of benzene rings is 1. The smallest absolute Gasteiger partial charge is 0.162 e. The third kappa shape index (κ3) is 2.38. The number of piperidine rings is 1. The molecule has 122 valence electrons. The Bertz CT molecular complexity index is 718. The summed E-state index contributed by atoms with van der Waals surface area (Å²) in [4.78, 5) is 11.4. The Balaban J connectivity index is 1.69. The van der Waals surface area contributed by atoms with Crippen molar-refractivity contribution in [1.29, 1.82) is 0 Å². The number of methoxy groups -OCH3 is 2. The Hall–Kier alpha value is -2.04. The van der Waals surface area contributed by atoms with Gasteiger partial charge in [-0.2, -0.15) is 0 Å². The van der Waals surface area contributed by atoms with Crippen molar-refractivity contribution in [3.8, 4) is 11.5 Å². The Labute approximate surface area is 136 Å². The van der Waals surface area contributed by atoms with Crippen molar-refractivity contribution in [3.05, 3.63) is 18.5 Å². The molecule has 0 radical (unpaired) electrons. The van der Waals surface area contributed by atoms with E-state index in [0.717, 1.165) is 35.6 Å². The lowest BCUT2D eigenvalue weighted by atomic mass is 9.63. The fourth-order valence-corrected chi connectivity index (χ4v) is 3.99. The summed E-state index contributed by atoms with van der Waals surface area (Å²) in [6, 6.07) is 3.92. The summed E-state index contributed by atoms with van der Waals surface area (Å²) in [5.41, 5.74) is 1.54. The van der Waals surface area contributed by atoms with Gasteiger partial charge in [-0.1, -0.05) is 6.42 Å². The molecule has 2 heterocycles. The van der Waals surface area contributed by atoms with Gasteiger partial charge >= 0.3 is 0 Å². The number of ether oxygens (including phenoxy) is 2. The van der Waals surface area contributed by atoms with Crippen molar-refractivity contribution >= 4 is 16.7 Å². The van der Waals surface area contributed by atoms with Gasteiger partial charge in [-0.25, -0.2) is 9.97 Å². The predicted octanol–water partition coefficient (Wildman–Crippen LogP) is 3.42. The summed E-state index contributed by atoms with van der Waals surface area (Å²) in [7, 11) is 3.31. The summed E-state index contributed by atoms with van der Waals surface area (Å²) in [5, 5.41) is 1.04. The maximum atomic E-state index is 5.45. The van der Waals surface area contributed by atoms with Gasteiger partial charge in [0.1, 0.15) is 12.1 Å². The first-order chi connectivity index (χ1) is 11.2. The SMILES string of the molecule is COc1cc2ncnc(N3CCC4(CCC4)CC3)c2cc1OC. The third-order valence-corrected chi connectivity index (χ3v) is 5.66. The molecule has 1 aliphatic carbocycles. The standard InChI is InChI=1S/C18H23N3O2/c1-22-15-10-13-14(11-16(15)23-2)19-12-20-17(13)21-8-6-18(7-9-21)4-3-5-18/h10-12H,3-9H2,1-2H3. The normalized spacial score (nSPS) is 19.7. The average Bonchev–Trinajstić information content (AvgIpc) is 2.58. The zero-order valence-electron chi connectivity index (χ0n) is 13.8. The number of hydrogen-bond acceptors (Lipinski definition) is 5. The Morgan fingerprint density at radius 3 is 2.26 bits per heavy atom. The summed E-state index contributed by atoms with van der Waals surface area (Å²) in [6.07, 6.45) is 8.45. The molecule has 4 rings (SSSR count). The molecular weight excluding hydrogens is 290 g/mol. The van der Waals surface area contributed by atoms with Crippen LogP contribution < -0.4 is 14.4 Å². The molecule has 1 saturated carbocycles. The van der Waals surface area contributed by atoms with E-state index in [4.69, 9.17) is 9.47 Å². The first-order valence-corrected chi connectivity index (χ1v) is 8.36. The molecule has 0 N–H and O–H groups in total. The molecule has 0 atom stereocenters. The van der Waals surface area contributed by atoms with Crippen molar-refractivity contribution in [2.75, 3.05) is 32.2 Å². The number of aromatic nitrogens is 2. The van der Waals surface area contributed by atoms with E-state index in [1.54, 1.807) is 20.5 Å². The zero-order valence-corrected chi connectivity index (χ0v) is 13.8. The Kier molecular flexibility index (Phi) is 3.51. The molecule has 0 amide bonds. The number of fused-ring (bicyclic) bond motifs is 1. The highest BCUT2D eigenvalue weighted by Crippen LogP contribution is 2.49. The molecule has 2 aliphatic rings. The van der Waals surface area contributed by atoms with E-state index in [1.807, 2.05) is 12.1 Å². The van der Waals surface area contributed by atoms with Crippen molar-refractivity contribution in [3.63, 3.8) is 0 Å². The highest BCUT2D eigenvalue weighted by Gasteiger charge is 2.39. The second kappa shape index (κ2) is 5.55. The van der Waals surface area contributed by atoms with Crippen LogP contribution in [0, 0.1) is 5.41 Å². The van der Waals surface area contributed by atoms with E-state index >= 15 is 0 Å². The molecule has 2 aromatic rings. The van der Waals surface area contributed by atoms with E-state index in [1.165, 1.54) is 32.1 Å². The molecule has 23 heavy (non-hydrogen) atoms. The molecule has 1 aliphatic heterocycles. The molecule has 0 unspecified atom stereocenters. The topological polar surface area (TPSA) is 47.5 Å². The molecule has 1 saturated heterocycles. The van der Waals surface area contributed by atoms with Crippen LogP contribution >= 0.6 is 0 Å². The summed E-state index contributed by atoms with van der Waals surface area (Å²) >= 11 is 0. The predicted molar refractivity (Wildman–Crippen MR) is 90.4 cm³/mol.